The molecular formula is C22H21F3N2O5. The number of ether oxygens (including phenoxy) is 1. The van der Waals surface area contributed by atoms with E-state index in [4.69, 9.17) is 4.74 Å². The van der Waals surface area contributed by atoms with E-state index >= 15 is 0 Å². The Hall–Kier alpha value is -3.69. The first-order chi connectivity index (χ1) is 15.1. The summed E-state index contributed by atoms with van der Waals surface area (Å²) in [7, 11) is 0. The van der Waals surface area contributed by atoms with Crippen LogP contribution in [0, 0.1) is 0 Å². The van der Waals surface area contributed by atoms with Crippen molar-refractivity contribution in [3.63, 3.8) is 0 Å². The van der Waals surface area contributed by atoms with Gasteiger partial charge in [0, 0.05) is 24.1 Å². The molecule has 0 aliphatic carbocycles. The summed E-state index contributed by atoms with van der Waals surface area (Å²) in [5.74, 6) is -2.13. The van der Waals surface area contributed by atoms with Crippen LogP contribution in [0.25, 0.3) is 0 Å². The van der Waals surface area contributed by atoms with Gasteiger partial charge in [0.15, 0.2) is 12.4 Å². The Morgan fingerprint density at radius 1 is 0.875 bits per heavy atom. The normalized spacial score (nSPS) is 10.9. The molecule has 0 atom stereocenters. The van der Waals surface area contributed by atoms with Crippen LogP contribution in [-0.4, -0.2) is 30.2 Å². The Balaban J connectivity index is 1.70. The number of Topliss-reactive ketones (excluding diaryl/α,β-unsaturated/α-hetero) is 1. The summed E-state index contributed by atoms with van der Waals surface area (Å²) in [5, 5.41) is 4.68. The smallest absolute Gasteiger partial charge is 0.418 e. The van der Waals surface area contributed by atoms with Crippen LogP contribution in [0.4, 0.5) is 24.5 Å². The number of anilines is 2. The highest BCUT2D eigenvalue weighted by Gasteiger charge is 2.33. The third-order valence-corrected chi connectivity index (χ3v) is 4.23. The third kappa shape index (κ3) is 7.86. The van der Waals surface area contributed by atoms with Gasteiger partial charge in [0.05, 0.1) is 11.3 Å². The maximum absolute atomic E-state index is 12.9. The van der Waals surface area contributed by atoms with Gasteiger partial charge in [-0.1, -0.05) is 12.1 Å². The van der Waals surface area contributed by atoms with Crippen molar-refractivity contribution in [3.05, 3.63) is 59.7 Å². The fourth-order valence-corrected chi connectivity index (χ4v) is 2.65. The van der Waals surface area contributed by atoms with Gasteiger partial charge in [0.25, 0.3) is 5.91 Å². The van der Waals surface area contributed by atoms with Crippen molar-refractivity contribution in [2.45, 2.75) is 32.4 Å². The highest BCUT2D eigenvalue weighted by molar-refractivity contribution is 5.96. The number of ketones is 1. The van der Waals surface area contributed by atoms with Gasteiger partial charge >= 0.3 is 12.1 Å². The lowest BCUT2D eigenvalue weighted by atomic mass is 10.1. The third-order valence-electron chi connectivity index (χ3n) is 4.23. The van der Waals surface area contributed by atoms with Crippen LogP contribution in [0.2, 0.25) is 0 Å². The molecule has 0 spiro atoms. The lowest BCUT2D eigenvalue weighted by Crippen LogP contribution is -2.22. The maximum atomic E-state index is 12.9. The predicted octanol–water partition coefficient (Wildman–Crippen LogP) is 4.20. The second kappa shape index (κ2) is 11.1. The second-order valence-electron chi connectivity index (χ2n) is 6.79. The van der Waals surface area contributed by atoms with Gasteiger partial charge in [-0.25, -0.2) is 0 Å². The van der Waals surface area contributed by atoms with Crippen LogP contribution >= 0.6 is 0 Å². The zero-order chi connectivity index (χ0) is 23.7. The zero-order valence-electron chi connectivity index (χ0n) is 17.1. The molecule has 2 aromatic carbocycles. The molecular weight excluding hydrogens is 429 g/mol. The van der Waals surface area contributed by atoms with Gasteiger partial charge in [-0.05, 0) is 49.7 Å². The molecule has 0 bridgehead atoms. The Labute approximate surface area is 181 Å². The molecule has 0 aromatic heterocycles. The number of carbonyl (C=O) groups is 4. The lowest BCUT2D eigenvalue weighted by Gasteiger charge is -2.13. The summed E-state index contributed by atoms with van der Waals surface area (Å²) < 4.78 is 43.5. The van der Waals surface area contributed by atoms with Crippen molar-refractivity contribution in [1.82, 2.24) is 0 Å². The minimum atomic E-state index is -4.64. The molecule has 0 heterocycles. The van der Waals surface area contributed by atoms with Crippen molar-refractivity contribution in [3.8, 4) is 0 Å². The van der Waals surface area contributed by atoms with Crippen molar-refractivity contribution in [2.24, 2.45) is 0 Å². The van der Waals surface area contributed by atoms with Crippen molar-refractivity contribution >= 4 is 34.9 Å². The molecule has 0 saturated carbocycles. The number of alkyl halides is 3. The first-order valence-corrected chi connectivity index (χ1v) is 9.59. The average molecular weight is 450 g/mol. The van der Waals surface area contributed by atoms with Crippen molar-refractivity contribution in [2.75, 3.05) is 17.2 Å². The molecule has 2 aromatic rings. The fourth-order valence-electron chi connectivity index (χ4n) is 2.65. The molecule has 7 nitrogen and oxygen atoms in total. The number of benzene rings is 2. The Kier molecular flexibility index (Phi) is 8.51. The van der Waals surface area contributed by atoms with E-state index in [0.29, 0.717) is 11.3 Å². The first kappa shape index (κ1) is 24.6. The molecule has 0 fully saturated rings. The molecule has 2 rings (SSSR count). The lowest BCUT2D eigenvalue weighted by molar-refractivity contribution is -0.147. The molecule has 0 aliphatic heterocycles. The minimum absolute atomic E-state index is 0.00865. The number of hydrogen-bond acceptors (Lipinski definition) is 5. The summed E-state index contributed by atoms with van der Waals surface area (Å²) >= 11 is 0. The van der Waals surface area contributed by atoms with Gasteiger partial charge in [-0.3, -0.25) is 19.2 Å². The second-order valence-corrected chi connectivity index (χ2v) is 6.79. The molecule has 0 radical (unpaired) electrons. The summed E-state index contributed by atoms with van der Waals surface area (Å²) in [5.41, 5.74) is -0.439. The van der Waals surface area contributed by atoms with Crippen LogP contribution in [0.3, 0.4) is 0 Å². The Bertz CT molecular complexity index is 988. The largest absolute Gasteiger partial charge is 0.456 e. The Morgan fingerprint density at radius 3 is 2.16 bits per heavy atom. The van der Waals surface area contributed by atoms with E-state index in [2.05, 4.69) is 10.6 Å². The number of amides is 2. The van der Waals surface area contributed by atoms with E-state index in [1.807, 2.05) is 0 Å². The van der Waals surface area contributed by atoms with E-state index in [1.54, 1.807) is 24.3 Å². The van der Waals surface area contributed by atoms with E-state index in [9.17, 15) is 32.3 Å². The van der Waals surface area contributed by atoms with Crippen LogP contribution in [-0.2, 0) is 25.3 Å². The highest BCUT2D eigenvalue weighted by atomic mass is 19.4. The van der Waals surface area contributed by atoms with Crippen molar-refractivity contribution in [1.29, 1.82) is 0 Å². The van der Waals surface area contributed by atoms with Gasteiger partial charge < -0.3 is 15.4 Å². The first-order valence-electron chi connectivity index (χ1n) is 9.59. The van der Waals surface area contributed by atoms with E-state index in [0.717, 1.165) is 12.1 Å². The SMILES string of the molecule is CC(=O)c1ccc(NC(=O)CCCC(=O)OCC(=O)Nc2ccccc2C(F)(F)F)cc1. The highest BCUT2D eigenvalue weighted by Crippen LogP contribution is 2.34. The standard InChI is InChI=1S/C22H21F3N2O5/c1-14(28)15-9-11-16(12-10-15)26-19(29)7-4-8-21(31)32-13-20(30)27-18-6-3-2-5-17(18)22(23,24)25/h2-3,5-6,9-12H,4,7-8,13H2,1H3,(H,26,29)(H,27,30). The number of rotatable bonds is 9. The number of hydrogen-bond donors (Lipinski definition) is 2. The summed E-state index contributed by atoms with van der Waals surface area (Å²) in [6.45, 7) is 0.678. The maximum Gasteiger partial charge on any atom is 0.418 e. The van der Waals surface area contributed by atoms with Crippen LogP contribution in [0.5, 0.6) is 0 Å². The molecule has 2 N–H and O–H groups in total. The van der Waals surface area contributed by atoms with Crippen LogP contribution < -0.4 is 10.6 Å². The van der Waals surface area contributed by atoms with Crippen LogP contribution in [0.1, 0.15) is 42.1 Å². The quantitative estimate of drug-likeness (QED) is 0.441. The van der Waals surface area contributed by atoms with Gasteiger partial charge in [-0.2, -0.15) is 13.2 Å². The number of nitrogens with one attached hydrogen (secondary N) is 2. The number of halogens is 3. The monoisotopic (exact) mass is 450 g/mol. The molecule has 10 heteroatoms. The van der Waals surface area contributed by atoms with Gasteiger partial charge in [0.1, 0.15) is 0 Å². The topological polar surface area (TPSA) is 102 Å². The molecule has 0 unspecified atom stereocenters. The molecule has 32 heavy (non-hydrogen) atoms. The molecule has 0 saturated heterocycles. The van der Waals surface area contributed by atoms with Gasteiger partial charge in [-0.15, -0.1) is 0 Å². The van der Waals surface area contributed by atoms with E-state index in [-0.39, 0.29) is 31.0 Å². The van der Waals surface area contributed by atoms with Crippen molar-refractivity contribution < 1.29 is 37.1 Å². The number of carbonyl (C=O) groups excluding carboxylic acids is 4. The molecule has 0 aliphatic rings. The van der Waals surface area contributed by atoms with E-state index in [1.165, 1.54) is 19.1 Å². The summed E-state index contributed by atoms with van der Waals surface area (Å²) in [4.78, 5) is 46.7. The average Bonchev–Trinajstić information content (AvgIpc) is 2.72. The number of esters is 1. The Morgan fingerprint density at radius 2 is 1.53 bits per heavy atom. The molecule has 170 valence electrons. The minimum Gasteiger partial charge on any atom is -0.456 e. The fraction of sp³-hybridized carbons (Fsp3) is 0.273. The van der Waals surface area contributed by atoms with Crippen LogP contribution in [0.15, 0.2) is 48.5 Å². The zero-order valence-corrected chi connectivity index (χ0v) is 17.1. The molecule has 2 amide bonds. The summed E-state index contributed by atoms with van der Waals surface area (Å²) in [6, 6.07) is 10.8. The number of para-hydroxylation sites is 1. The van der Waals surface area contributed by atoms with E-state index < -0.39 is 35.9 Å². The summed E-state index contributed by atoms with van der Waals surface area (Å²) in [6.07, 6.45) is -4.64. The predicted molar refractivity (Wildman–Crippen MR) is 110 cm³/mol. The van der Waals surface area contributed by atoms with Gasteiger partial charge in [0.2, 0.25) is 5.91 Å².